The van der Waals surface area contributed by atoms with Gasteiger partial charge in [0.25, 0.3) is 0 Å². The first kappa shape index (κ1) is 15.2. The van der Waals surface area contributed by atoms with Gasteiger partial charge in [0.05, 0.1) is 6.61 Å². The van der Waals surface area contributed by atoms with Crippen LogP contribution in [-0.4, -0.2) is 11.0 Å². The van der Waals surface area contributed by atoms with Crippen molar-refractivity contribution in [3.63, 3.8) is 0 Å². The van der Waals surface area contributed by atoms with Crippen LogP contribution in [0.4, 0.5) is 4.39 Å². The summed E-state index contributed by atoms with van der Waals surface area (Å²) in [6.45, 7) is 2.76. The first-order valence-electron chi connectivity index (χ1n) is 7.10. The maximum atomic E-state index is 14.0. The summed E-state index contributed by atoms with van der Waals surface area (Å²) in [4.78, 5) is 0. The van der Waals surface area contributed by atoms with E-state index in [-0.39, 0.29) is 5.82 Å². The van der Waals surface area contributed by atoms with E-state index in [0.29, 0.717) is 11.5 Å². The Kier molecular flexibility index (Phi) is 5.63. The highest BCUT2D eigenvalue weighted by molar-refractivity contribution is 14.1. The zero-order valence-electron chi connectivity index (χ0n) is 11.5. The number of benzene rings is 1. The Morgan fingerprint density at radius 2 is 1.95 bits per heavy atom. The van der Waals surface area contributed by atoms with Crippen LogP contribution in [0.15, 0.2) is 24.3 Å². The zero-order valence-corrected chi connectivity index (χ0v) is 13.7. The van der Waals surface area contributed by atoms with Gasteiger partial charge in [-0.15, -0.1) is 0 Å². The van der Waals surface area contributed by atoms with Crippen molar-refractivity contribution in [3.8, 4) is 0 Å². The van der Waals surface area contributed by atoms with Crippen LogP contribution in [0.25, 0.3) is 0 Å². The van der Waals surface area contributed by atoms with E-state index >= 15 is 0 Å². The SMILES string of the molecule is CC(CI)(OCC1CCCCC1)c1ccccc1F. The van der Waals surface area contributed by atoms with E-state index in [2.05, 4.69) is 22.6 Å². The Morgan fingerprint density at radius 1 is 1.26 bits per heavy atom. The number of halogens is 2. The molecular weight excluding hydrogens is 354 g/mol. The molecule has 0 bridgehead atoms. The fourth-order valence-corrected chi connectivity index (χ4v) is 3.37. The van der Waals surface area contributed by atoms with Gasteiger partial charge in [0, 0.05) is 9.99 Å². The lowest BCUT2D eigenvalue weighted by molar-refractivity contribution is -0.0412. The average molecular weight is 376 g/mol. The molecule has 1 saturated carbocycles. The van der Waals surface area contributed by atoms with Crippen molar-refractivity contribution in [2.75, 3.05) is 11.0 Å². The topological polar surface area (TPSA) is 9.23 Å². The first-order valence-corrected chi connectivity index (χ1v) is 8.63. The molecule has 1 aliphatic rings. The van der Waals surface area contributed by atoms with Gasteiger partial charge in [0.1, 0.15) is 11.4 Å². The monoisotopic (exact) mass is 376 g/mol. The number of alkyl halides is 1. The van der Waals surface area contributed by atoms with Gasteiger partial charge >= 0.3 is 0 Å². The summed E-state index contributed by atoms with van der Waals surface area (Å²) >= 11 is 2.29. The van der Waals surface area contributed by atoms with E-state index in [1.165, 1.54) is 38.2 Å². The second-order valence-electron chi connectivity index (χ2n) is 5.66. The molecule has 0 amide bonds. The summed E-state index contributed by atoms with van der Waals surface area (Å²) in [6, 6.07) is 6.97. The van der Waals surface area contributed by atoms with Crippen LogP contribution in [0.1, 0.15) is 44.6 Å². The number of hydrogen-bond donors (Lipinski definition) is 0. The van der Waals surface area contributed by atoms with Crippen molar-refractivity contribution in [1.29, 1.82) is 0 Å². The molecule has 0 N–H and O–H groups in total. The molecule has 1 aromatic carbocycles. The maximum absolute atomic E-state index is 14.0. The largest absolute Gasteiger partial charge is 0.369 e. The molecule has 1 atom stereocenters. The van der Waals surface area contributed by atoms with Gasteiger partial charge in [0.15, 0.2) is 0 Å². The Balaban J connectivity index is 2.03. The summed E-state index contributed by atoms with van der Waals surface area (Å²) < 4.78 is 20.9. The highest BCUT2D eigenvalue weighted by Crippen LogP contribution is 2.32. The van der Waals surface area contributed by atoms with Crippen LogP contribution in [0.3, 0.4) is 0 Å². The van der Waals surface area contributed by atoms with E-state index in [9.17, 15) is 4.39 Å². The molecular formula is C16H22FIO. The van der Waals surface area contributed by atoms with Gasteiger partial charge in [-0.2, -0.15) is 0 Å². The predicted octanol–water partition coefficient (Wildman–Crippen LogP) is 5.07. The fourth-order valence-electron chi connectivity index (χ4n) is 2.73. The molecule has 1 nitrogen and oxygen atoms in total. The summed E-state index contributed by atoms with van der Waals surface area (Å²) in [5, 5.41) is 0. The van der Waals surface area contributed by atoms with Gasteiger partial charge in [-0.1, -0.05) is 60.1 Å². The van der Waals surface area contributed by atoms with Crippen LogP contribution in [-0.2, 0) is 10.3 Å². The lowest BCUT2D eigenvalue weighted by Gasteiger charge is -2.32. The van der Waals surface area contributed by atoms with Crippen LogP contribution in [0.2, 0.25) is 0 Å². The fraction of sp³-hybridized carbons (Fsp3) is 0.625. The van der Waals surface area contributed by atoms with Gasteiger partial charge in [0.2, 0.25) is 0 Å². The smallest absolute Gasteiger partial charge is 0.129 e. The third-order valence-electron chi connectivity index (χ3n) is 4.06. The number of rotatable bonds is 5. The van der Waals surface area contributed by atoms with Crippen molar-refractivity contribution in [2.45, 2.75) is 44.6 Å². The van der Waals surface area contributed by atoms with E-state index < -0.39 is 5.60 Å². The third-order valence-corrected chi connectivity index (χ3v) is 5.52. The molecule has 2 rings (SSSR count). The van der Waals surface area contributed by atoms with E-state index in [1.807, 2.05) is 19.1 Å². The van der Waals surface area contributed by atoms with E-state index in [1.54, 1.807) is 6.07 Å². The number of hydrogen-bond acceptors (Lipinski definition) is 1. The molecule has 0 heterocycles. The third kappa shape index (κ3) is 3.91. The minimum Gasteiger partial charge on any atom is -0.369 e. The Morgan fingerprint density at radius 3 is 2.58 bits per heavy atom. The normalized spacial score (nSPS) is 20.2. The quantitative estimate of drug-likeness (QED) is 0.515. The molecule has 0 aliphatic heterocycles. The molecule has 3 heteroatoms. The molecule has 1 aromatic rings. The highest BCUT2D eigenvalue weighted by atomic mass is 127. The first-order chi connectivity index (χ1) is 9.15. The minimum absolute atomic E-state index is 0.162. The Labute approximate surface area is 129 Å². The lowest BCUT2D eigenvalue weighted by atomic mass is 9.89. The Bertz CT molecular complexity index is 403. The Hall–Kier alpha value is -0.160. The van der Waals surface area contributed by atoms with E-state index in [4.69, 9.17) is 4.74 Å². The summed E-state index contributed by atoms with van der Waals surface area (Å²) in [5.41, 5.74) is 0.170. The maximum Gasteiger partial charge on any atom is 0.129 e. The van der Waals surface area contributed by atoms with Crippen LogP contribution >= 0.6 is 22.6 Å². The van der Waals surface area contributed by atoms with Crippen molar-refractivity contribution in [1.82, 2.24) is 0 Å². The van der Waals surface area contributed by atoms with E-state index in [0.717, 1.165) is 11.0 Å². The molecule has 1 aliphatic carbocycles. The zero-order chi connectivity index (χ0) is 13.7. The molecule has 1 unspecified atom stereocenters. The molecule has 106 valence electrons. The van der Waals surface area contributed by atoms with Gasteiger partial charge in [-0.05, 0) is 31.7 Å². The summed E-state index contributed by atoms with van der Waals surface area (Å²) in [6.07, 6.45) is 6.50. The summed E-state index contributed by atoms with van der Waals surface area (Å²) in [7, 11) is 0. The minimum atomic E-state index is -0.511. The van der Waals surface area contributed by atoms with Crippen molar-refractivity contribution in [3.05, 3.63) is 35.6 Å². The molecule has 0 saturated heterocycles. The predicted molar refractivity (Wildman–Crippen MR) is 85.2 cm³/mol. The van der Waals surface area contributed by atoms with Gasteiger partial charge in [-0.25, -0.2) is 4.39 Å². The highest BCUT2D eigenvalue weighted by Gasteiger charge is 2.30. The molecule has 0 spiro atoms. The van der Waals surface area contributed by atoms with Crippen LogP contribution in [0.5, 0.6) is 0 Å². The number of ether oxygens (including phenoxy) is 1. The van der Waals surface area contributed by atoms with Crippen LogP contribution in [0, 0.1) is 11.7 Å². The second-order valence-corrected chi connectivity index (χ2v) is 6.42. The van der Waals surface area contributed by atoms with Crippen molar-refractivity contribution < 1.29 is 9.13 Å². The molecule has 0 aromatic heterocycles. The molecule has 0 radical (unpaired) electrons. The lowest BCUT2D eigenvalue weighted by Crippen LogP contribution is -2.31. The molecule has 1 fully saturated rings. The van der Waals surface area contributed by atoms with Gasteiger partial charge in [-0.3, -0.25) is 0 Å². The van der Waals surface area contributed by atoms with Crippen molar-refractivity contribution >= 4 is 22.6 Å². The standard InChI is InChI=1S/C16H22FIO/c1-16(12-18,14-9-5-6-10-15(14)17)19-11-13-7-3-2-4-8-13/h5-6,9-10,13H,2-4,7-8,11-12H2,1H3. The molecule has 19 heavy (non-hydrogen) atoms. The average Bonchev–Trinajstić information content (AvgIpc) is 2.46. The van der Waals surface area contributed by atoms with Gasteiger partial charge < -0.3 is 4.74 Å². The second kappa shape index (κ2) is 7.02. The van der Waals surface area contributed by atoms with Crippen molar-refractivity contribution in [2.24, 2.45) is 5.92 Å². The summed E-state index contributed by atoms with van der Waals surface area (Å²) in [5.74, 6) is 0.494. The van der Waals surface area contributed by atoms with Crippen LogP contribution < -0.4 is 0 Å².